The van der Waals surface area contributed by atoms with Crippen LogP contribution >= 0.6 is 10.7 Å². The molecule has 3 nitrogen and oxygen atoms in total. The zero-order valence-electron chi connectivity index (χ0n) is 6.70. The highest BCUT2D eigenvalue weighted by Gasteiger charge is 2.10. The molecule has 12 heavy (non-hydrogen) atoms. The molecule has 0 atom stereocenters. The van der Waals surface area contributed by atoms with E-state index in [4.69, 9.17) is 10.7 Å². The van der Waals surface area contributed by atoms with Gasteiger partial charge in [0, 0.05) is 22.1 Å². The summed E-state index contributed by atoms with van der Waals surface area (Å²) < 4.78 is 21.7. The van der Waals surface area contributed by atoms with Gasteiger partial charge < -0.3 is 0 Å². The molecule has 0 unspecified atom stereocenters. The van der Waals surface area contributed by atoms with Crippen molar-refractivity contribution in [2.75, 3.05) is 0 Å². The third kappa shape index (κ3) is 2.19. The average molecular weight is 206 g/mol. The number of nitrogens with zero attached hydrogens (tertiary/aromatic N) is 1. The maximum absolute atomic E-state index is 10.9. The number of hydrogen-bond acceptors (Lipinski definition) is 3. The molecule has 0 fully saturated rings. The summed E-state index contributed by atoms with van der Waals surface area (Å²) in [6, 6.07) is 2.88. The molecule has 0 saturated heterocycles. The number of aryl methyl sites for hydroxylation is 2. The van der Waals surface area contributed by atoms with E-state index in [-0.39, 0.29) is 4.90 Å². The van der Waals surface area contributed by atoms with E-state index in [0.29, 0.717) is 11.4 Å². The second kappa shape index (κ2) is 3.03. The number of rotatable bonds is 1. The van der Waals surface area contributed by atoms with Crippen molar-refractivity contribution in [3.8, 4) is 0 Å². The molecule has 0 saturated carbocycles. The molecule has 0 aliphatic rings. The van der Waals surface area contributed by atoms with Crippen molar-refractivity contribution in [1.82, 2.24) is 4.98 Å². The molecular weight excluding hydrogens is 198 g/mol. The smallest absolute Gasteiger partial charge is 0.258 e. The Morgan fingerprint density at radius 2 is 1.67 bits per heavy atom. The van der Waals surface area contributed by atoms with Crippen LogP contribution < -0.4 is 0 Å². The van der Waals surface area contributed by atoms with Gasteiger partial charge in [0.2, 0.25) is 0 Å². The summed E-state index contributed by atoms with van der Waals surface area (Å²) >= 11 is 0. The van der Waals surface area contributed by atoms with Crippen LogP contribution in [0.5, 0.6) is 0 Å². The fourth-order valence-electron chi connectivity index (χ4n) is 0.937. The SMILES string of the molecule is Cc1cc(S(=O)(=O)Cl)cc(C)n1. The lowest BCUT2D eigenvalue weighted by molar-refractivity contribution is 0.609. The molecule has 0 aromatic carbocycles. The minimum Gasteiger partial charge on any atom is -0.258 e. The molecule has 1 aromatic rings. The van der Waals surface area contributed by atoms with Crippen molar-refractivity contribution in [3.63, 3.8) is 0 Å². The van der Waals surface area contributed by atoms with Gasteiger partial charge in [0.1, 0.15) is 0 Å². The summed E-state index contributed by atoms with van der Waals surface area (Å²) in [5.41, 5.74) is 1.29. The Morgan fingerprint density at radius 1 is 1.25 bits per heavy atom. The summed E-state index contributed by atoms with van der Waals surface area (Å²) in [6.45, 7) is 3.44. The molecule has 1 rings (SSSR count). The third-order valence-corrected chi connectivity index (χ3v) is 2.67. The highest BCUT2D eigenvalue weighted by Crippen LogP contribution is 2.15. The highest BCUT2D eigenvalue weighted by molar-refractivity contribution is 8.13. The molecular formula is C7H8ClNO2S. The standard InChI is InChI=1S/C7H8ClNO2S/c1-5-3-7(12(8,10)11)4-6(2)9-5/h3-4H,1-2H3. The Balaban J connectivity index is 3.37. The summed E-state index contributed by atoms with van der Waals surface area (Å²) in [4.78, 5) is 4.13. The zero-order valence-corrected chi connectivity index (χ0v) is 8.28. The summed E-state index contributed by atoms with van der Waals surface area (Å²) in [7, 11) is 1.53. The predicted molar refractivity (Wildman–Crippen MR) is 46.7 cm³/mol. The molecule has 0 radical (unpaired) electrons. The van der Waals surface area contributed by atoms with Crippen LogP contribution in [0.3, 0.4) is 0 Å². The first-order valence-corrected chi connectivity index (χ1v) is 5.60. The third-order valence-electron chi connectivity index (χ3n) is 1.34. The van der Waals surface area contributed by atoms with Gasteiger partial charge in [0.05, 0.1) is 4.90 Å². The van der Waals surface area contributed by atoms with Crippen molar-refractivity contribution in [2.45, 2.75) is 18.7 Å². The van der Waals surface area contributed by atoms with Gasteiger partial charge in [0.25, 0.3) is 9.05 Å². The van der Waals surface area contributed by atoms with E-state index < -0.39 is 9.05 Å². The molecule has 0 bridgehead atoms. The second-order valence-corrected chi connectivity index (χ2v) is 5.09. The van der Waals surface area contributed by atoms with Gasteiger partial charge in [-0.3, -0.25) is 4.98 Å². The van der Waals surface area contributed by atoms with E-state index in [1.807, 2.05) is 0 Å². The first-order chi connectivity index (χ1) is 5.39. The van der Waals surface area contributed by atoms with Crippen molar-refractivity contribution >= 4 is 19.7 Å². The number of pyridine rings is 1. The van der Waals surface area contributed by atoms with E-state index in [1.54, 1.807) is 13.8 Å². The van der Waals surface area contributed by atoms with E-state index >= 15 is 0 Å². The molecule has 0 spiro atoms. The molecule has 0 amide bonds. The van der Waals surface area contributed by atoms with Crippen LogP contribution in [-0.2, 0) is 9.05 Å². The van der Waals surface area contributed by atoms with Crippen LogP contribution in [0.25, 0.3) is 0 Å². The Kier molecular flexibility index (Phi) is 2.39. The minimum absolute atomic E-state index is 0.106. The van der Waals surface area contributed by atoms with Crippen LogP contribution in [0.1, 0.15) is 11.4 Å². The first kappa shape index (κ1) is 9.48. The molecule has 1 heterocycles. The van der Waals surface area contributed by atoms with Gasteiger partial charge in [-0.05, 0) is 26.0 Å². The monoisotopic (exact) mass is 205 g/mol. The fourth-order valence-corrected chi connectivity index (χ4v) is 1.83. The molecule has 0 N–H and O–H groups in total. The van der Waals surface area contributed by atoms with Crippen molar-refractivity contribution < 1.29 is 8.42 Å². The Hall–Kier alpha value is -0.610. The normalized spacial score (nSPS) is 11.6. The summed E-state index contributed by atoms with van der Waals surface area (Å²) in [6.07, 6.45) is 0. The maximum Gasteiger partial charge on any atom is 0.261 e. The van der Waals surface area contributed by atoms with Crippen LogP contribution in [0.4, 0.5) is 0 Å². The quantitative estimate of drug-likeness (QED) is 0.655. The van der Waals surface area contributed by atoms with Crippen molar-refractivity contribution in [1.29, 1.82) is 0 Å². The summed E-state index contributed by atoms with van der Waals surface area (Å²) in [5.74, 6) is 0. The van der Waals surface area contributed by atoms with Crippen LogP contribution in [0.15, 0.2) is 17.0 Å². The summed E-state index contributed by atoms with van der Waals surface area (Å²) in [5, 5.41) is 0. The van der Waals surface area contributed by atoms with Gasteiger partial charge in [-0.15, -0.1) is 0 Å². The Morgan fingerprint density at radius 3 is 2.00 bits per heavy atom. The van der Waals surface area contributed by atoms with Crippen molar-refractivity contribution in [3.05, 3.63) is 23.5 Å². The maximum atomic E-state index is 10.9. The van der Waals surface area contributed by atoms with E-state index in [1.165, 1.54) is 12.1 Å². The van der Waals surface area contributed by atoms with Gasteiger partial charge in [0.15, 0.2) is 0 Å². The molecule has 5 heteroatoms. The second-order valence-electron chi connectivity index (χ2n) is 2.52. The average Bonchev–Trinajstić information content (AvgIpc) is 1.82. The molecule has 66 valence electrons. The minimum atomic E-state index is -3.62. The first-order valence-electron chi connectivity index (χ1n) is 3.29. The molecule has 1 aromatic heterocycles. The number of aromatic nitrogens is 1. The van der Waals surface area contributed by atoms with E-state index in [2.05, 4.69) is 4.98 Å². The van der Waals surface area contributed by atoms with Gasteiger partial charge in [-0.1, -0.05) is 0 Å². The zero-order chi connectivity index (χ0) is 9.35. The lowest BCUT2D eigenvalue weighted by atomic mass is 10.3. The van der Waals surface area contributed by atoms with Crippen LogP contribution in [0, 0.1) is 13.8 Å². The van der Waals surface area contributed by atoms with Gasteiger partial charge in [-0.2, -0.15) is 0 Å². The Labute approximate surface area is 75.8 Å². The van der Waals surface area contributed by atoms with Gasteiger partial charge in [-0.25, -0.2) is 8.42 Å². The lowest BCUT2D eigenvalue weighted by Crippen LogP contribution is -1.95. The molecule has 0 aliphatic carbocycles. The predicted octanol–water partition coefficient (Wildman–Crippen LogP) is 1.63. The Bertz CT molecular complexity index is 380. The lowest BCUT2D eigenvalue weighted by Gasteiger charge is -1.99. The molecule has 0 aliphatic heterocycles. The fraction of sp³-hybridized carbons (Fsp3) is 0.286. The number of halogens is 1. The van der Waals surface area contributed by atoms with E-state index in [0.717, 1.165) is 0 Å². The van der Waals surface area contributed by atoms with Crippen molar-refractivity contribution in [2.24, 2.45) is 0 Å². The highest BCUT2D eigenvalue weighted by atomic mass is 35.7. The van der Waals surface area contributed by atoms with Crippen LogP contribution in [-0.4, -0.2) is 13.4 Å². The topological polar surface area (TPSA) is 47.0 Å². The largest absolute Gasteiger partial charge is 0.261 e. The van der Waals surface area contributed by atoms with Crippen LogP contribution in [0.2, 0.25) is 0 Å². The van der Waals surface area contributed by atoms with Gasteiger partial charge >= 0.3 is 0 Å². The number of hydrogen-bond donors (Lipinski definition) is 0. The van der Waals surface area contributed by atoms with E-state index in [9.17, 15) is 8.42 Å².